The molecule has 0 spiro atoms. The average molecular weight is 301 g/mol. The van der Waals surface area contributed by atoms with E-state index in [0.717, 1.165) is 16.8 Å². The van der Waals surface area contributed by atoms with Crippen LogP contribution in [-0.2, 0) is 14.3 Å². The molecule has 5 unspecified atom stereocenters. The SMILES string of the molecule is COC1C(O)C(n2ccc(=O)[nH]c2=O)OC1C(O)C(N)=O. The molecule has 0 bridgehead atoms. The van der Waals surface area contributed by atoms with Crippen LogP contribution in [-0.4, -0.2) is 57.2 Å². The fourth-order valence-corrected chi connectivity index (χ4v) is 2.22. The van der Waals surface area contributed by atoms with E-state index in [4.69, 9.17) is 15.2 Å². The molecular formula is C11H15N3O7. The number of aliphatic hydroxyl groups is 2. The molecule has 1 aromatic rings. The predicted molar refractivity (Wildman–Crippen MR) is 67.2 cm³/mol. The molecule has 1 saturated heterocycles. The first-order valence-corrected chi connectivity index (χ1v) is 6.02. The van der Waals surface area contributed by atoms with Gasteiger partial charge in [0.05, 0.1) is 0 Å². The van der Waals surface area contributed by atoms with Crippen LogP contribution in [0.4, 0.5) is 0 Å². The van der Waals surface area contributed by atoms with Gasteiger partial charge in [-0.05, 0) is 0 Å². The largest absolute Gasteiger partial charge is 0.386 e. The quantitative estimate of drug-likeness (QED) is 0.452. The number of nitrogens with two attached hydrogens (primary N) is 1. The van der Waals surface area contributed by atoms with Crippen molar-refractivity contribution >= 4 is 5.91 Å². The number of aromatic amines is 1. The maximum Gasteiger partial charge on any atom is 0.330 e. The molecule has 2 heterocycles. The Hall–Kier alpha value is -2.01. The second-order valence-electron chi connectivity index (χ2n) is 4.55. The maximum absolute atomic E-state index is 11.7. The standard InChI is InChI=1S/C11H15N3O7/c1-20-7-6(17)10(21-8(7)5(16)9(12)18)14-3-2-4(15)13-11(14)19/h2-3,5-8,10,16-17H,1H3,(H2,12,18)(H,13,15,19). The van der Waals surface area contributed by atoms with Crippen LogP contribution in [0.5, 0.6) is 0 Å². The van der Waals surface area contributed by atoms with Crippen molar-refractivity contribution in [3.63, 3.8) is 0 Å². The highest BCUT2D eigenvalue weighted by atomic mass is 16.6. The summed E-state index contributed by atoms with van der Waals surface area (Å²) in [7, 11) is 1.25. The lowest BCUT2D eigenvalue weighted by Gasteiger charge is -2.20. The first-order valence-electron chi connectivity index (χ1n) is 6.02. The van der Waals surface area contributed by atoms with E-state index in [9.17, 15) is 24.6 Å². The number of carbonyl (C=O) groups is 1. The molecule has 5 N–H and O–H groups in total. The second kappa shape index (κ2) is 5.77. The smallest absolute Gasteiger partial charge is 0.330 e. The molecule has 1 aromatic heterocycles. The molecule has 2 rings (SSSR count). The van der Waals surface area contributed by atoms with Gasteiger partial charge in [-0.25, -0.2) is 4.79 Å². The third kappa shape index (κ3) is 2.74. The van der Waals surface area contributed by atoms with Crippen molar-refractivity contribution in [3.8, 4) is 0 Å². The Morgan fingerprint density at radius 2 is 2.24 bits per heavy atom. The number of ether oxygens (including phenoxy) is 2. The minimum Gasteiger partial charge on any atom is -0.386 e. The van der Waals surface area contributed by atoms with Crippen molar-refractivity contribution in [2.45, 2.75) is 30.6 Å². The predicted octanol–water partition coefficient (Wildman–Crippen LogP) is -3.34. The van der Waals surface area contributed by atoms with E-state index in [1.54, 1.807) is 0 Å². The third-order valence-corrected chi connectivity index (χ3v) is 3.25. The van der Waals surface area contributed by atoms with E-state index in [-0.39, 0.29) is 0 Å². The van der Waals surface area contributed by atoms with Crippen LogP contribution in [0.1, 0.15) is 6.23 Å². The van der Waals surface area contributed by atoms with Gasteiger partial charge >= 0.3 is 5.69 Å². The molecule has 0 aromatic carbocycles. The third-order valence-electron chi connectivity index (χ3n) is 3.25. The molecule has 1 aliphatic heterocycles. The highest BCUT2D eigenvalue weighted by Crippen LogP contribution is 2.31. The molecule has 1 aliphatic rings. The van der Waals surface area contributed by atoms with E-state index >= 15 is 0 Å². The summed E-state index contributed by atoms with van der Waals surface area (Å²) < 4.78 is 11.2. The fraction of sp³-hybridized carbons (Fsp3) is 0.545. The topological polar surface area (TPSA) is 157 Å². The maximum atomic E-state index is 11.7. The van der Waals surface area contributed by atoms with Gasteiger partial charge in [0.1, 0.15) is 18.3 Å². The van der Waals surface area contributed by atoms with Gasteiger partial charge in [-0.3, -0.25) is 19.1 Å². The Morgan fingerprint density at radius 3 is 2.76 bits per heavy atom. The van der Waals surface area contributed by atoms with Gasteiger partial charge in [0, 0.05) is 19.4 Å². The normalized spacial score (nSPS) is 30.2. The lowest BCUT2D eigenvalue weighted by atomic mass is 10.1. The molecular weight excluding hydrogens is 286 g/mol. The number of hydrogen-bond donors (Lipinski definition) is 4. The van der Waals surface area contributed by atoms with Gasteiger partial charge in [0.2, 0.25) is 5.91 Å². The highest BCUT2D eigenvalue weighted by Gasteiger charge is 2.49. The zero-order valence-electron chi connectivity index (χ0n) is 11.0. The summed E-state index contributed by atoms with van der Waals surface area (Å²) in [5, 5.41) is 19.8. The number of nitrogens with one attached hydrogen (secondary N) is 1. The molecule has 10 nitrogen and oxygen atoms in total. The van der Waals surface area contributed by atoms with Gasteiger partial charge in [-0.1, -0.05) is 0 Å². The van der Waals surface area contributed by atoms with Crippen LogP contribution in [0.25, 0.3) is 0 Å². The van der Waals surface area contributed by atoms with Gasteiger partial charge < -0.3 is 25.4 Å². The van der Waals surface area contributed by atoms with Gasteiger partial charge in [0.25, 0.3) is 5.56 Å². The van der Waals surface area contributed by atoms with Crippen LogP contribution >= 0.6 is 0 Å². The van der Waals surface area contributed by atoms with Gasteiger partial charge in [0.15, 0.2) is 12.3 Å². The van der Waals surface area contributed by atoms with Crippen molar-refractivity contribution in [1.82, 2.24) is 9.55 Å². The summed E-state index contributed by atoms with van der Waals surface area (Å²) in [5.41, 5.74) is 3.57. The Balaban J connectivity index is 2.36. The lowest BCUT2D eigenvalue weighted by molar-refractivity contribution is -0.141. The van der Waals surface area contributed by atoms with Crippen LogP contribution in [0.15, 0.2) is 21.9 Å². The average Bonchev–Trinajstić information content (AvgIpc) is 2.74. The Labute approximate surface area is 117 Å². The van der Waals surface area contributed by atoms with Crippen molar-refractivity contribution < 1.29 is 24.5 Å². The van der Waals surface area contributed by atoms with E-state index < -0.39 is 47.8 Å². The zero-order chi connectivity index (χ0) is 15.7. The van der Waals surface area contributed by atoms with Gasteiger partial charge in [-0.2, -0.15) is 0 Å². The number of aromatic nitrogens is 2. The van der Waals surface area contributed by atoms with E-state index in [1.807, 2.05) is 4.98 Å². The number of hydrogen-bond acceptors (Lipinski definition) is 7. The van der Waals surface area contributed by atoms with Crippen molar-refractivity contribution in [3.05, 3.63) is 33.1 Å². The minimum absolute atomic E-state index is 0.610. The molecule has 0 radical (unpaired) electrons. The Kier molecular flexibility index (Phi) is 4.23. The highest BCUT2D eigenvalue weighted by molar-refractivity contribution is 5.79. The summed E-state index contributed by atoms with van der Waals surface area (Å²) in [4.78, 5) is 35.8. The molecule has 0 aliphatic carbocycles. The lowest BCUT2D eigenvalue weighted by Crippen LogP contribution is -2.46. The van der Waals surface area contributed by atoms with Crippen molar-refractivity contribution in [2.24, 2.45) is 5.73 Å². The number of nitrogens with zero attached hydrogens (tertiary/aromatic N) is 1. The first kappa shape index (κ1) is 15.4. The summed E-state index contributed by atoms with van der Waals surface area (Å²) in [6.45, 7) is 0. The van der Waals surface area contributed by atoms with Crippen molar-refractivity contribution in [2.75, 3.05) is 7.11 Å². The molecule has 5 atom stereocenters. The molecule has 1 fully saturated rings. The first-order chi connectivity index (χ1) is 9.86. The Morgan fingerprint density at radius 1 is 1.57 bits per heavy atom. The number of aliphatic hydroxyl groups excluding tert-OH is 2. The van der Waals surface area contributed by atoms with E-state index in [2.05, 4.69) is 0 Å². The summed E-state index contributed by atoms with van der Waals surface area (Å²) in [6, 6.07) is 1.07. The summed E-state index contributed by atoms with van der Waals surface area (Å²) in [5.74, 6) is -1.05. The van der Waals surface area contributed by atoms with Crippen molar-refractivity contribution in [1.29, 1.82) is 0 Å². The number of primary amides is 1. The van der Waals surface area contributed by atoms with E-state index in [0.29, 0.717) is 0 Å². The number of methoxy groups -OCH3 is 1. The molecule has 1 amide bonds. The summed E-state index contributed by atoms with van der Waals surface area (Å²) >= 11 is 0. The summed E-state index contributed by atoms with van der Waals surface area (Å²) in [6.07, 6.45) is -5.49. The minimum atomic E-state index is -1.71. The Bertz CT molecular complexity index is 639. The second-order valence-corrected chi connectivity index (χ2v) is 4.55. The van der Waals surface area contributed by atoms with Crippen LogP contribution in [0.2, 0.25) is 0 Å². The fourth-order valence-electron chi connectivity index (χ4n) is 2.22. The number of H-pyrrole nitrogens is 1. The molecule has 116 valence electrons. The molecule has 21 heavy (non-hydrogen) atoms. The van der Waals surface area contributed by atoms with Crippen LogP contribution in [0.3, 0.4) is 0 Å². The van der Waals surface area contributed by atoms with Gasteiger partial charge in [-0.15, -0.1) is 0 Å². The monoisotopic (exact) mass is 301 g/mol. The van der Waals surface area contributed by atoms with E-state index in [1.165, 1.54) is 7.11 Å². The number of rotatable bonds is 4. The van der Waals surface area contributed by atoms with Crippen LogP contribution in [0, 0.1) is 0 Å². The van der Waals surface area contributed by atoms with Crippen LogP contribution < -0.4 is 17.0 Å². The molecule has 10 heteroatoms. The number of amides is 1. The number of carbonyl (C=O) groups excluding carboxylic acids is 1. The molecule has 0 saturated carbocycles. The zero-order valence-corrected chi connectivity index (χ0v) is 11.0.